The second kappa shape index (κ2) is 4.11. The van der Waals surface area contributed by atoms with Gasteiger partial charge in [0.05, 0.1) is 0 Å². The zero-order valence-corrected chi connectivity index (χ0v) is 8.96. The third kappa shape index (κ3) is 1.97. The van der Waals surface area contributed by atoms with Crippen molar-refractivity contribution in [2.45, 2.75) is 12.5 Å². The normalized spacial score (nSPS) is 20.9. The number of nitrogens with zero attached hydrogens (tertiary/aromatic N) is 1. The Bertz CT molecular complexity index is 307. The van der Waals surface area contributed by atoms with Gasteiger partial charge in [-0.2, -0.15) is 0 Å². The van der Waals surface area contributed by atoms with Crippen LogP contribution in [0.25, 0.3) is 0 Å². The molecule has 1 aliphatic heterocycles. The van der Waals surface area contributed by atoms with E-state index in [4.69, 9.17) is 0 Å². The lowest BCUT2D eigenvalue weighted by Gasteiger charge is -2.29. The molecule has 2 heteroatoms. The highest BCUT2D eigenvalue weighted by Crippen LogP contribution is 2.22. The van der Waals surface area contributed by atoms with E-state index in [2.05, 4.69) is 48.6 Å². The summed E-state index contributed by atoms with van der Waals surface area (Å²) >= 11 is 0. The highest BCUT2D eigenvalue weighted by molar-refractivity contribution is 5.32. The Morgan fingerprint density at radius 1 is 1.36 bits per heavy atom. The van der Waals surface area contributed by atoms with E-state index in [1.165, 1.54) is 17.5 Å². The van der Waals surface area contributed by atoms with Crippen LogP contribution in [-0.2, 0) is 6.42 Å². The second-order valence-electron chi connectivity index (χ2n) is 4.22. The number of rotatable bonds is 2. The summed E-state index contributed by atoms with van der Waals surface area (Å²) in [6.45, 7) is 2.19. The standard InChI is InChI=1S/C12H18N2/c1-14(2)9-12-11-6-4-3-5-10(11)7-8-13-12/h3-6,12-13H,7-9H2,1-2H3/t12-/m1/s1. The Balaban J connectivity index is 2.22. The van der Waals surface area contributed by atoms with Gasteiger partial charge in [0.25, 0.3) is 0 Å². The molecule has 1 aliphatic rings. The molecule has 2 rings (SSSR count). The summed E-state index contributed by atoms with van der Waals surface area (Å²) < 4.78 is 0. The Labute approximate surface area is 85.9 Å². The molecule has 0 unspecified atom stereocenters. The molecule has 1 atom stereocenters. The van der Waals surface area contributed by atoms with Crippen LogP contribution in [0.5, 0.6) is 0 Å². The molecular weight excluding hydrogens is 172 g/mol. The average molecular weight is 190 g/mol. The fraction of sp³-hybridized carbons (Fsp3) is 0.500. The fourth-order valence-electron chi connectivity index (χ4n) is 2.12. The molecule has 1 aromatic rings. The smallest absolute Gasteiger partial charge is 0.0451 e. The van der Waals surface area contributed by atoms with Crippen molar-refractivity contribution in [1.82, 2.24) is 10.2 Å². The largest absolute Gasteiger partial charge is 0.309 e. The molecule has 0 aliphatic carbocycles. The van der Waals surface area contributed by atoms with Gasteiger partial charge in [-0.3, -0.25) is 0 Å². The van der Waals surface area contributed by atoms with Gasteiger partial charge in [-0.1, -0.05) is 24.3 Å². The molecule has 14 heavy (non-hydrogen) atoms. The monoisotopic (exact) mass is 190 g/mol. The van der Waals surface area contributed by atoms with E-state index in [1.54, 1.807) is 0 Å². The van der Waals surface area contributed by atoms with Crippen molar-refractivity contribution in [3.8, 4) is 0 Å². The summed E-state index contributed by atoms with van der Waals surface area (Å²) in [6, 6.07) is 9.27. The molecule has 76 valence electrons. The molecule has 2 nitrogen and oxygen atoms in total. The molecule has 0 bridgehead atoms. The van der Waals surface area contributed by atoms with Crippen LogP contribution in [0.2, 0.25) is 0 Å². The summed E-state index contributed by atoms with van der Waals surface area (Å²) in [4.78, 5) is 2.24. The van der Waals surface area contributed by atoms with Gasteiger partial charge in [0.1, 0.15) is 0 Å². The first-order chi connectivity index (χ1) is 6.77. The zero-order chi connectivity index (χ0) is 9.97. The number of likely N-dealkylation sites (N-methyl/N-ethyl adjacent to an activating group) is 1. The minimum atomic E-state index is 0.509. The van der Waals surface area contributed by atoms with Crippen molar-refractivity contribution in [3.63, 3.8) is 0 Å². The van der Waals surface area contributed by atoms with Gasteiger partial charge in [-0.05, 0) is 38.2 Å². The molecule has 1 heterocycles. The van der Waals surface area contributed by atoms with Gasteiger partial charge in [0.2, 0.25) is 0 Å². The van der Waals surface area contributed by atoms with Crippen LogP contribution in [0.4, 0.5) is 0 Å². The summed E-state index contributed by atoms with van der Waals surface area (Å²) in [6.07, 6.45) is 1.17. The van der Waals surface area contributed by atoms with Crippen LogP contribution < -0.4 is 5.32 Å². The van der Waals surface area contributed by atoms with E-state index in [0.29, 0.717) is 6.04 Å². The summed E-state index contributed by atoms with van der Waals surface area (Å²) in [5.74, 6) is 0. The van der Waals surface area contributed by atoms with Crippen LogP contribution in [-0.4, -0.2) is 32.1 Å². The molecule has 0 fully saturated rings. The predicted octanol–water partition coefficient (Wildman–Crippen LogP) is 1.43. The SMILES string of the molecule is CN(C)C[C@H]1NCCc2ccccc21. The highest BCUT2D eigenvalue weighted by Gasteiger charge is 2.18. The maximum atomic E-state index is 3.56. The van der Waals surface area contributed by atoms with Gasteiger partial charge in [-0.15, -0.1) is 0 Å². The van der Waals surface area contributed by atoms with Crippen LogP contribution in [0, 0.1) is 0 Å². The van der Waals surface area contributed by atoms with E-state index >= 15 is 0 Å². The van der Waals surface area contributed by atoms with Gasteiger partial charge < -0.3 is 10.2 Å². The molecule has 1 aromatic carbocycles. The van der Waals surface area contributed by atoms with Crippen molar-refractivity contribution in [2.24, 2.45) is 0 Å². The maximum absolute atomic E-state index is 3.56. The van der Waals surface area contributed by atoms with Crippen molar-refractivity contribution in [2.75, 3.05) is 27.2 Å². The summed E-state index contributed by atoms with van der Waals surface area (Å²) in [5, 5.41) is 3.56. The number of benzene rings is 1. The molecule has 0 spiro atoms. The van der Waals surface area contributed by atoms with Crippen LogP contribution in [0.3, 0.4) is 0 Å². The molecular formula is C12H18N2. The summed E-state index contributed by atoms with van der Waals surface area (Å²) in [5.41, 5.74) is 2.99. The van der Waals surface area contributed by atoms with Crippen molar-refractivity contribution >= 4 is 0 Å². The highest BCUT2D eigenvalue weighted by atomic mass is 15.1. The average Bonchev–Trinajstić information content (AvgIpc) is 2.18. The molecule has 0 amide bonds. The van der Waals surface area contributed by atoms with E-state index in [0.717, 1.165) is 13.1 Å². The number of hydrogen-bond donors (Lipinski definition) is 1. The van der Waals surface area contributed by atoms with Crippen LogP contribution in [0.15, 0.2) is 24.3 Å². The number of nitrogens with one attached hydrogen (secondary N) is 1. The minimum Gasteiger partial charge on any atom is -0.309 e. The Morgan fingerprint density at radius 2 is 2.14 bits per heavy atom. The third-order valence-corrected chi connectivity index (χ3v) is 2.76. The molecule has 0 radical (unpaired) electrons. The van der Waals surface area contributed by atoms with Crippen LogP contribution in [0.1, 0.15) is 17.2 Å². The third-order valence-electron chi connectivity index (χ3n) is 2.76. The molecule has 1 N–H and O–H groups in total. The van der Waals surface area contributed by atoms with E-state index in [-0.39, 0.29) is 0 Å². The van der Waals surface area contributed by atoms with Crippen molar-refractivity contribution in [1.29, 1.82) is 0 Å². The van der Waals surface area contributed by atoms with E-state index < -0.39 is 0 Å². The first-order valence-corrected chi connectivity index (χ1v) is 5.23. The Hall–Kier alpha value is -0.860. The predicted molar refractivity (Wildman–Crippen MR) is 59.4 cm³/mol. The Morgan fingerprint density at radius 3 is 2.93 bits per heavy atom. The lowest BCUT2D eigenvalue weighted by atomic mass is 9.94. The van der Waals surface area contributed by atoms with Gasteiger partial charge >= 0.3 is 0 Å². The van der Waals surface area contributed by atoms with E-state index in [1.807, 2.05) is 0 Å². The van der Waals surface area contributed by atoms with Crippen LogP contribution >= 0.6 is 0 Å². The maximum Gasteiger partial charge on any atom is 0.0451 e. The summed E-state index contributed by atoms with van der Waals surface area (Å²) in [7, 11) is 4.25. The van der Waals surface area contributed by atoms with Gasteiger partial charge in [-0.25, -0.2) is 0 Å². The quantitative estimate of drug-likeness (QED) is 0.759. The number of hydrogen-bond acceptors (Lipinski definition) is 2. The zero-order valence-electron chi connectivity index (χ0n) is 8.96. The van der Waals surface area contributed by atoms with Gasteiger partial charge in [0.15, 0.2) is 0 Å². The van der Waals surface area contributed by atoms with Crippen molar-refractivity contribution < 1.29 is 0 Å². The Kier molecular flexibility index (Phi) is 2.85. The second-order valence-corrected chi connectivity index (χ2v) is 4.22. The lowest BCUT2D eigenvalue weighted by molar-refractivity contribution is 0.334. The number of fused-ring (bicyclic) bond motifs is 1. The lowest BCUT2D eigenvalue weighted by Crippen LogP contribution is -2.36. The van der Waals surface area contributed by atoms with Gasteiger partial charge in [0, 0.05) is 12.6 Å². The fourth-order valence-corrected chi connectivity index (χ4v) is 2.12. The van der Waals surface area contributed by atoms with E-state index in [9.17, 15) is 0 Å². The first-order valence-electron chi connectivity index (χ1n) is 5.23. The minimum absolute atomic E-state index is 0.509. The van der Waals surface area contributed by atoms with Crippen molar-refractivity contribution in [3.05, 3.63) is 35.4 Å². The molecule has 0 saturated heterocycles. The molecule has 0 aromatic heterocycles. The topological polar surface area (TPSA) is 15.3 Å². The molecule has 0 saturated carbocycles. The first kappa shape index (κ1) is 9.69.